The standard InChI is InChI=1S/C37H76O12/c1-3-5-6-7-8-9-10-11-12-13-14-15-39-18-19-41-22-23-43-26-27-45-30-31-47-34-35-49-37-36-48-33-32-46-29-28-44-25-24-42-21-20-40-17-16-38-4-2/h3-37H2,1-2H3. The molecule has 0 saturated carbocycles. The van der Waals surface area contributed by atoms with Crippen molar-refractivity contribution in [1.82, 2.24) is 0 Å². The second-order valence-corrected chi connectivity index (χ2v) is 11.5. The molecule has 0 atom stereocenters. The molecule has 0 aliphatic heterocycles. The fraction of sp³-hybridized carbons (Fsp3) is 1.00. The summed E-state index contributed by atoms with van der Waals surface area (Å²) in [5, 5.41) is 0. The van der Waals surface area contributed by atoms with Gasteiger partial charge in [0.2, 0.25) is 0 Å². The smallest absolute Gasteiger partial charge is 0.0701 e. The molecule has 12 nitrogen and oxygen atoms in total. The Bertz CT molecular complexity index is 515. The predicted octanol–water partition coefficient (Wildman–Crippen LogP) is 5.52. The van der Waals surface area contributed by atoms with E-state index >= 15 is 0 Å². The zero-order valence-corrected chi connectivity index (χ0v) is 31.6. The third-order valence-corrected chi connectivity index (χ3v) is 7.19. The molecule has 49 heavy (non-hydrogen) atoms. The highest BCUT2D eigenvalue weighted by Gasteiger charge is 1.97. The zero-order valence-electron chi connectivity index (χ0n) is 31.6. The first kappa shape index (κ1) is 48.5. The Morgan fingerprint density at radius 1 is 0.184 bits per heavy atom. The van der Waals surface area contributed by atoms with Crippen LogP contribution in [0.15, 0.2) is 0 Å². The van der Waals surface area contributed by atoms with E-state index in [1.807, 2.05) is 6.92 Å². The van der Waals surface area contributed by atoms with Crippen molar-refractivity contribution in [2.24, 2.45) is 0 Å². The van der Waals surface area contributed by atoms with Gasteiger partial charge in [-0.25, -0.2) is 0 Å². The Balaban J connectivity index is 3.04. The quantitative estimate of drug-likeness (QED) is 0.0742. The molecule has 0 aromatic rings. The predicted molar refractivity (Wildman–Crippen MR) is 192 cm³/mol. The first-order chi connectivity index (χ1) is 24.4. The first-order valence-corrected chi connectivity index (χ1v) is 19.3. The van der Waals surface area contributed by atoms with Crippen LogP contribution >= 0.6 is 0 Å². The Morgan fingerprint density at radius 2 is 0.367 bits per heavy atom. The summed E-state index contributed by atoms with van der Waals surface area (Å²) < 4.78 is 65.7. The fourth-order valence-corrected chi connectivity index (χ4v) is 4.43. The van der Waals surface area contributed by atoms with Gasteiger partial charge in [0.15, 0.2) is 0 Å². The first-order valence-electron chi connectivity index (χ1n) is 19.3. The minimum atomic E-state index is 0.522. The molecular weight excluding hydrogens is 636 g/mol. The van der Waals surface area contributed by atoms with E-state index in [-0.39, 0.29) is 0 Å². The lowest BCUT2D eigenvalue weighted by molar-refractivity contribution is -0.0282. The molecule has 0 heterocycles. The van der Waals surface area contributed by atoms with Gasteiger partial charge >= 0.3 is 0 Å². The van der Waals surface area contributed by atoms with Gasteiger partial charge in [0.25, 0.3) is 0 Å². The molecule has 12 heteroatoms. The molecule has 296 valence electrons. The summed E-state index contributed by atoms with van der Waals surface area (Å²) in [6.07, 6.45) is 14.9. The average molecular weight is 713 g/mol. The van der Waals surface area contributed by atoms with Crippen LogP contribution in [0.5, 0.6) is 0 Å². The molecule has 0 radical (unpaired) electrons. The monoisotopic (exact) mass is 713 g/mol. The van der Waals surface area contributed by atoms with Crippen LogP contribution in [0.2, 0.25) is 0 Å². The van der Waals surface area contributed by atoms with Crippen molar-refractivity contribution < 1.29 is 56.8 Å². The van der Waals surface area contributed by atoms with Gasteiger partial charge < -0.3 is 56.8 Å². The van der Waals surface area contributed by atoms with Crippen molar-refractivity contribution >= 4 is 0 Å². The summed E-state index contributed by atoms with van der Waals surface area (Å²) in [4.78, 5) is 0. The van der Waals surface area contributed by atoms with Gasteiger partial charge in [-0.1, -0.05) is 71.1 Å². The number of hydrogen-bond donors (Lipinski definition) is 0. The molecule has 0 aliphatic carbocycles. The fourth-order valence-electron chi connectivity index (χ4n) is 4.43. The van der Waals surface area contributed by atoms with E-state index in [0.717, 1.165) is 13.0 Å². The van der Waals surface area contributed by atoms with Gasteiger partial charge in [0.1, 0.15) is 0 Å². The number of ether oxygens (including phenoxy) is 12. The van der Waals surface area contributed by atoms with Crippen molar-refractivity contribution in [2.45, 2.75) is 84.5 Å². The highest BCUT2D eigenvalue weighted by molar-refractivity contribution is 4.48. The van der Waals surface area contributed by atoms with Crippen LogP contribution in [0.4, 0.5) is 0 Å². The summed E-state index contributed by atoms with van der Waals surface area (Å²) in [5.41, 5.74) is 0. The van der Waals surface area contributed by atoms with Gasteiger partial charge in [-0.2, -0.15) is 0 Å². The molecule has 0 unspecified atom stereocenters. The molecule has 0 aromatic carbocycles. The summed E-state index contributed by atoms with van der Waals surface area (Å²) >= 11 is 0. The maximum Gasteiger partial charge on any atom is 0.0701 e. The summed E-state index contributed by atoms with van der Waals surface area (Å²) in [6.45, 7) is 17.9. The van der Waals surface area contributed by atoms with E-state index in [1.54, 1.807) is 0 Å². The molecule has 0 bridgehead atoms. The van der Waals surface area contributed by atoms with Crippen molar-refractivity contribution in [2.75, 3.05) is 159 Å². The van der Waals surface area contributed by atoms with Crippen LogP contribution in [0.25, 0.3) is 0 Å². The van der Waals surface area contributed by atoms with Crippen molar-refractivity contribution in [3.05, 3.63) is 0 Å². The molecule has 0 aromatic heterocycles. The second-order valence-electron chi connectivity index (χ2n) is 11.5. The van der Waals surface area contributed by atoms with E-state index in [0.29, 0.717) is 152 Å². The van der Waals surface area contributed by atoms with Crippen molar-refractivity contribution in [1.29, 1.82) is 0 Å². The molecule has 0 fully saturated rings. The van der Waals surface area contributed by atoms with Crippen molar-refractivity contribution in [3.8, 4) is 0 Å². The minimum absolute atomic E-state index is 0.522. The maximum absolute atomic E-state index is 5.66. The number of unbranched alkanes of at least 4 members (excludes halogenated alkanes) is 10. The molecule has 0 amide bonds. The third-order valence-electron chi connectivity index (χ3n) is 7.19. The van der Waals surface area contributed by atoms with Gasteiger partial charge in [-0.15, -0.1) is 0 Å². The average Bonchev–Trinajstić information content (AvgIpc) is 3.11. The van der Waals surface area contributed by atoms with Crippen LogP contribution in [-0.4, -0.2) is 159 Å². The van der Waals surface area contributed by atoms with E-state index in [2.05, 4.69) is 6.92 Å². The van der Waals surface area contributed by atoms with Gasteiger partial charge in [-0.05, 0) is 13.3 Å². The summed E-state index contributed by atoms with van der Waals surface area (Å²) in [5.74, 6) is 0. The second kappa shape index (κ2) is 47.5. The molecule has 0 spiro atoms. The molecule has 0 N–H and O–H groups in total. The number of rotatable bonds is 46. The Hall–Kier alpha value is -0.480. The summed E-state index contributed by atoms with van der Waals surface area (Å²) in [7, 11) is 0. The SMILES string of the molecule is CCCCCCCCCCCCCOCCOCCOCCOCCOCCOCCOCCOCCOCCOCCOCCOCC. The lowest BCUT2D eigenvalue weighted by atomic mass is 10.1. The Kier molecular flexibility index (Phi) is 47.1. The van der Waals surface area contributed by atoms with E-state index < -0.39 is 0 Å². The lowest BCUT2D eigenvalue weighted by Crippen LogP contribution is -2.15. The van der Waals surface area contributed by atoms with E-state index in [9.17, 15) is 0 Å². The van der Waals surface area contributed by atoms with Crippen LogP contribution < -0.4 is 0 Å². The van der Waals surface area contributed by atoms with Gasteiger partial charge in [0.05, 0.1) is 145 Å². The van der Waals surface area contributed by atoms with E-state index in [1.165, 1.54) is 64.2 Å². The molecule has 0 aliphatic rings. The highest BCUT2D eigenvalue weighted by Crippen LogP contribution is 2.11. The molecule has 0 rings (SSSR count). The lowest BCUT2D eigenvalue weighted by Gasteiger charge is -2.09. The molecule has 0 saturated heterocycles. The third kappa shape index (κ3) is 47.5. The largest absolute Gasteiger partial charge is 0.379 e. The van der Waals surface area contributed by atoms with Crippen LogP contribution in [0.1, 0.15) is 84.5 Å². The Morgan fingerprint density at radius 3 is 0.592 bits per heavy atom. The molecular formula is C37H76O12. The zero-order chi connectivity index (χ0) is 35.2. The van der Waals surface area contributed by atoms with Crippen LogP contribution in [0, 0.1) is 0 Å². The highest BCUT2D eigenvalue weighted by atomic mass is 16.6. The van der Waals surface area contributed by atoms with Gasteiger partial charge in [-0.3, -0.25) is 0 Å². The maximum atomic E-state index is 5.66. The minimum Gasteiger partial charge on any atom is -0.379 e. The Labute approximate surface area is 299 Å². The van der Waals surface area contributed by atoms with Gasteiger partial charge in [0, 0.05) is 13.2 Å². The number of hydrogen-bond acceptors (Lipinski definition) is 12. The van der Waals surface area contributed by atoms with Crippen molar-refractivity contribution in [3.63, 3.8) is 0 Å². The van der Waals surface area contributed by atoms with E-state index in [4.69, 9.17) is 56.8 Å². The van der Waals surface area contributed by atoms with Crippen LogP contribution in [0.3, 0.4) is 0 Å². The normalized spacial score (nSPS) is 11.6. The topological polar surface area (TPSA) is 111 Å². The summed E-state index contributed by atoms with van der Waals surface area (Å²) in [6, 6.07) is 0. The van der Waals surface area contributed by atoms with Crippen LogP contribution in [-0.2, 0) is 56.8 Å².